The molecule has 0 atom stereocenters. The van der Waals surface area contributed by atoms with Gasteiger partial charge in [-0.2, -0.15) is 13.1 Å². The Labute approximate surface area is 149 Å². The topological polar surface area (TPSA) is 28.2 Å². The second-order valence-electron chi connectivity index (χ2n) is 4.76. The molecule has 0 amide bonds. The second kappa shape index (κ2) is 13.8. The van der Waals surface area contributed by atoms with E-state index in [-0.39, 0.29) is 17.1 Å². The van der Waals surface area contributed by atoms with E-state index >= 15 is 0 Å². The Morgan fingerprint density at radius 2 is 0.818 bits per heavy atom. The first-order chi connectivity index (χ1) is 10.4. The van der Waals surface area contributed by atoms with Gasteiger partial charge in [0.15, 0.2) is 0 Å². The van der Waals surface area contributed by atoms with E-state index in [0.717, 1.165) is 26.2 Å². The molecule has 0 aromatic rings. The number of hydrogen-bond acceptors (Lipinski definition) is 0. The van der Waals surface area contributed by atoms with Gasteiger partial charge in [-0.25, -0.2) is 0 Å². The molecule has 2 nitrogen and oxygen atoms in total. The predicted molar refractivity (Wildman–Crippen MR) is 88.6 cm³/mol. The van der Waals surface area contributed by atoms with Crippen LogP contribution in [0.1, 0.15) is 0 Å². The predicted octanol–water partition coefficient (Wildman–Crippen LogP) is 3.56. The van der Waals surface area contributed by atoms with Crippen LogP contribution < -0.4 is 0 Å². The molecule has 3 rings (SSSR count). The molecular formula is C19H21FeN2. The van der Waals surface area contributed by atoms with Gasteiger partial charge < -0.3 is 10.6 Å². The van der Waals surface area contributed by atoms with Crippen LogP contribution in [0.2, 0.25) is 0 Å². The van der Waals surface area contributed by atoms with Crippen molar-refractivity contribution >= 4 is 0 Å². The van der Waals surface area contributed by atoms with Gasteiger partial charge in [0.2, 0.25) is 0 Å². The van der Waals surface area contributed by atoms with Crippen molar-refractivity contribution in [3.05, 3.63) is 106 Å². The molecule has 0 aromatic carbocycles. The maximum absolute atomic E-state index is 4.44. The molecule has 15 radical (unpaired) electrons. The van der Waals surface area contributed by atoms with Gasteiger partial charge in [0.1, 0.15) is 0 Å². The standard InChI is InChI=1S/C14H16N2.C5H5.Fe/c1-2-6-13(5-1)11-15-9-10-16-12-14-7-3-4-8-14;1-2-4-5-3-1;/h1-8H,9-12H2;1-5H;/q-2;;+2. The van der Waals surface area contributed by atoms with Crippen molar-refractivity contribution < 1.29 is 17.1 Å². The molecule has 3 aliphatic rings. The minimum absolute atomic E-state index is 0. The van der Waals surface area contributed by atoms with Crippen molar-refractivity contribution in [2.24, 2.45) is 0 Å². The van der Waals surface area contributed by atoms with E-state index in [1.165, 1.54) is 11.8 Å². The normalized spacial score (nSPS) is 22.4. The molecule has 0 unspecified atom stereocenters. The summed E-state index contributed by atoms with van der Waals surface area (Å²) in [6, 6.07) is 0. The Morgan fingerprint density at radius 1 is 0.500 bits per heavy atom. The fourth-order valence-corrected chi connectivity index (χ4v) is 1.92. The Kier molecular flexibility index (Phi) is 12.9. The van der Waals surface area contributed by atoms with E-state index in [0.29, 0.717) is 0 Å². The minimum atomic E-state index is 0. The van der Waals surface area contributed by atoms with Crippen molar-refractivity contribution in [1.29, 1.82) is 0 Å². The van der Waals surface area contributed by atoms with Crippen LogP contribution in [-0.4, -0.2) is 26.2 Å². The molecule has 0 saturated heterocycles. The van der Waals surface area contributed by atoms with Crippen LogP contribution in [-0.2, 0) is 17.1 Å². The van der Waals surface area contributed by atoms with Crippen LogP contribution in [0.25, 0.3) is 10.6 Å². The summed E-state index contributed by atoms with van der Waals surface area (Å²) >= 11 is 0. The Hall–Kier alpha value is 0.439. The number of nitrogens with zero attached hydrogens (tertiary/aromatic N) is 2. The van der Waals surface area contributed by atoms with Crippen molar-refractivity contribution in [1.82, 2.24) is 0 Å². The maximum atomic E-state index is 4.44. The molecule has 0 heterocycles. The number of hydrogen-bond donors (Lipinski definition) is 0. The van der Waals surface area contributed by atoms with Crippen molar-refractivity contribution in [3.8, 4) is 0 Å². The number of rotatable bonds is 7. The third-order valence-corrected chi connectivity index (χ3v) is 3.02. The van der Waals surface area contributed by atoms with Gasteiger partial charge in [0.25, 0.3) is 0 Å². The van der Waals surface area contributed by atoms with E-state index in [9.17, 15) is 0 Å². The minimum Gasteiger partial charge on any atom is -0.663 e. The van der Waals surface area contributed by atoms with Gasteiger partial charge >= 0.3 is 17.1 Å². The SMILES string of the molecule is [CH]1[CH][CH][CH][CH]1.[CH]1[CH][CH][C](C[N-]CC[N-]C[C]2[CH][CH][CH][CH]2)[CH]1.[Fe+2]. The third-order valence-electron chi connectivity index (χ3n) is 3.02. The summed E-state index contributed by atoms with van der Waals surface area (Å²) in [5.74, 6) is 2.58. The van der Waals surface area contributed by atoms with Gasteiger partial charge in [0.05, 0.1) is 0 Å². The van der Waals surface area contributed by atoms with Crippen LogP contribution in [0, 0.1) is 95.3 Å². The van der Waals surface area contributed by atoms with Gasteiger partial charge in [-0.15, -0.1) is 13.1 Å². The summed E-state index contributed by atoms with van der Waals surface area (Å²) in [5, 5.41) is 8.88. The fraction of sp³-hybridized carbons (Fsp3) is 0.211. The van der Waals surface area contributed by atoms with E-state index in [1.54, 1.807) is 0 Å². The Bertz CT molecular complexity index is 204. The first-order valence-corrected chi connectivity index (χ1v) is 7.29. The molecule has 3 heteroatoms. The summed E-state index contributed by atoms with van der Waals surface area (Å²) in [5.41, 5.74) is 0. The van der Waals surface area contributed by atoms with E-state index in [1.807, 2.05) is 57.8 Å². The molecule has 0 spiro atoms. The summed E-state index contributed by atoms with van der Waals surface area (Å²) in [7, 11) is 0. The summed E-state index contributed by atoms with van der Waals surface area (Å²) in [6.07, 6.45) is 26.6. The van der Waals surface area contributed by atoms with Gasteiger partial charge in [0, 0.05) is 0 Å². The summed E-state index contributed by atoms with van der Waals surface area (Å²) in [6.45, 7) is 3.29. The molecule has 0 aliphatic heterocycles. The zero-order valence-electron chi connectivity index (χ0n) is 12.6. The molecule has 0 bridgehead atoms. The van der Waals surface area contributed by atoms with Crippen LogP contribution >= 0.6 is 0 Å². The Morgan fingerprint density at radius 3 is 1.14 bits per heavy atom. The molecule has 3 aliphatic carbocycles. The molecule has 115 valence electrons. The average molecular weight is 333 g/mol. The summed E-state index contributed by atoms with van der Waals surface area (Å²) < 4.78 is 0. The van der Waals surface area contributed by atoms with Gasteiger partial charge in [-0.1, -0.05) is 0 Å². The maximum Gasteiger partial charge on any atom is 2.00 e. The van der Waals surface area contributed by atoms with Gasteiger partial charge in [-0.3, -0.25) is 0 Å². The Balaban J connectivity index is 0.000000344. The molecular weight excluding hydrogens is 312 g/mol. The van der Waals surface area contributed by atoms with Crippen molar-refractivity contribution in [2.75, 3.05) is 26.2 Å². The molecule has 3 fully saturated rings. The zero-order valence-corrected chi connectivity index (χ0v) is 13.7. The quantitative estimate of drug-likeness (QED) is 0.503. The molecule has 0 N–H and O–H groups in total. The summed E-state index contributed by atoms with van der Waals surface area (Å²) in [4.78, 5) is 0. The average Bonchev–Trinajstić information content (AvgIpc) is 3.28. The van der Waals surface area contributed by atoms with Crippen molar-refractivity contribution in [3.63, 3.8) is 0 Å². The monoisotopic (exact) mass is 333 g/mol. The van der Waals surface area contributed by atoms with E-state index < -0.39 is 0 Å². The van der Waals surface area contributed by atoms with E-state index in [2.05, 4.69) is 36.3 Å². The van der Waals surface area contributed by atoms with Crippen LogP contribution in [0.15, 0.2) is 0 Å². The molecule has 3 saturated carbocycles. The second-order valence-corrected chi connectivity index (χ2v) is 4.76. The molecule has 22 heavy (non-hydrogen) atoms. The van der Waals surface area contributed by atoms with Crippen LogP contribution in [0.3, 0.4) is 0 Å². The largest absolute Gasteiger partial charge is 2.00 e. The van der Waals surface area contributed by atoms with Crippen molar-refractivity contribution in [2.45, 2.75) is 0 Å². The van der Waals surface area contributed by atoms with E-state index in [4.69, 9.17) is 0 Å². The third kappa shape index (κ3) is 9.55. The first kappa shape index (κ1) is 20.5. The van der Waals surface area contributed by atoms with Crippen LogP contribution in [0.5, 0.6) is 0 Å². The first-order valence-electron chi connectivity index (χ1n) is 7.29. The van der Waals surface area contributed by atoms with Gasteiger partial charge in [-0.05, 0) is 95.3 Å². The fourth-order valence-electron chi connectivity index (χ4n) is 1.92. The van der Waals surface area contributed by atoms with Crippen LogP contribution in [0.4, 0.5) is 0 Å². The molecule has 0 aromatic heterocycles. The zero-order chi connectivity index (χ0) is 14.6. The smallest absolute Gasteiger partial charge is 0.663 e.